The number of aryl methyl sites for hydroxylation is 2. The van der Waals surface area contributed by atoms with Gasteiger partial charge in [-0.05, 0) is 105 Å². The standard InChI is InChI=1S/C30H41NO.C2H4/c1-7-31(8-2)17-9-10-25-13-14-26-27(15-16-29(26)32)30(25)28-20-24(12-11-23(28)6)19-22(5)18-21(3)4;1-2/h11-14,18,20,22H,7-10,15-17,19H2,1-6H3;1-2H2. The molecule has 34 heavy (non-hydrogen) atoms. The highest BCUT2D eigenvalue weighted by Crippen LogP contribution is 2.38. The second kappa shape index (κ2) is 13.4. The van der Waals surface area contributed by atoms with Crippen LogP contribution in [0.2, 0.25) is 0 Å². The van der Waals surface area contributed by atoms with Gasteiger partial charge in [-0.15, -0.1) is 13.2 Å². The molecule has 0 saturated heterocycles. The minimum Gasteiger partial charge on any atom is -0.304 e. The van der Waals surface area contributed by atoms with Crippen LogP contribution >= 0.6 is 0 Å². The van der Waals surface area contributed by atoms with Gasteiger partial charge in [0.2, 0.25) is 0 Å². The largest absolute Gasteiger partial charge is 0.304 e. The number of hydrogen-bond acceptors (Lipinski definition) is 2. The lowest BCUT2D eigenvalue weighted by atomic mass is 9.86. The summed E-state index contributed by atoms with van der Waals surface area (Å²) in [7, 11) is 0. The molecule has 2 aromatic carbocycles. The second-order valence-corrected chi connectivity index (χ2v) is 9.75. The third kappa shape index (κ3) is 7.03. The SMILES string of the molecule is C=C.CCN(CC)CCCc1ccc2c(c1-c1cc(CC(C)C=C(C)C)ccc1C)CCC2=O. The van der Waals surface area contributed by atoms with Crippen LogP contribution in [0.3, 0.4) is 0 Å². The fourth-order valence-corrected chi connectivity index (χ4v) is 5.23. The van der Waals surface area contributed by atoms with Gasteiger partial charge in [0.15, 0.2) is 5.78 Å². The summed E-state index contributed by atoms with van der Waals surface area (Å²) in [5.74, 6) is 0.828. The van der Waals surface area contributed by atoms with Gasteiger partial charge in [-0.2, -0.15) is 0 Å². The molecule has 1 aliphatic rings. The number of hydrogen-bond donors (Lipinski definition) is 0. The van der Waals surface area contributed by atoms with Crippen molar-refractivity contribution in [3.05, 3.63) is 83.0 Å². The Labute approximate surface area is 208 Å². The maximum atomic E-state index is 12.5. The zero-order valence-electron chi connectivity index (χ0n) is 22.5. The van der Waals surface area contributed by atoms with Crippen LogP contribution in [0.25, 0.3) is 11.1 Å². The van der Waals surface area contributed by atoms with Crippen molar-refractivity contribution in [3.63, 3.8) is 0 Å². The number of nitrogens with zero attached hydrogens (tertiary/aromatic N) is 1. The molecule has 0 heterocycles. The van der Waals surface area contributed by atoms with E-state index in [2.05, 4.69) is 96.0 Å². The lowest BCUT2D eigenvalue weighted by Gasteiger charge is -2.20. The molecule has 0 amide bonds. The number of Topliss-reactive ketones (excluding diaryl/α,β-unsaturated/α-hetero) is 1. The number of fused-ring (bicyclic) bond motifs is 1. The molecular formula is C32H45NO. The summed E-state index contributed by atoms with van der Waals surface area (Å²) < 4.78 is 0. The first-order valence-electron chi connectivity index (χ1n) is 13.0. The van der Waals surface area contributed by atoms with Gasteiger partial charge in [-0.25, -0.2) is 0 Å². The summed E-state index contributed by atoms with van der Waals surface area (Å²) in [5.41, 5.74) is 10.4. The number of carbonyl (C=O) groups excluding carboxylic acids is 1. The van der Waals surface area contributed by atoms with E-state index in [0.717, 1.165) is 50.9 Å². The summed E-state index contributed by atoms with van der Waals surface area (Å²) in [6, 6.07) is 11.3. The quantitative estimate of drug-likeness (QED) is 0.335. The Morgan fingerprint density at radius 2 is 1.76 bits per heavy atom. The van der Waals surface area contributed by atoms with E-state index < -0.39 is 0 Å². The first-order chi connectivity index (χ1) is 16.3. The molecule has 0 N–H and O–H groups in total. The van der Waals surface area contributed by atoms with E-state index in [9.17, 15) is 4.79 Å². The molecule has 2 heteroatoms. The molecule has 0 aromatic heterocycles. The first kappa shape index (κ1) is 27.8. The minimum absolute atomic E-state index is 0.307. The summed E-state index contributed by atoms with van der Waals surface area (Å²) >= 11 is 0. The molecule has 0 fully saturated rings. The van der Waals surface area contributed by atoms with Gasteiger partial charge in [-0.3, -0.25) is 4.79 Å². The highest BCUT2D eigenvalue weighted by molar-refractivity contribution is 6.03. The lowest BCUT2D eigenvalue weighted by Crippen LogP contribution is -2.24. The molecule has 1 unspecified atom stereocenters. The van der Waals surface area contributed by atoms with Crippen LogP contribution in [0.15, 0.2) is 55.1 Å². The van der Waals surface area contributed by atoms with Gasteiger partial charge >= 0.3 is 0 Å². The van der Waals surface area contributed by atoms with Crippen LogP contribution in [0.1, 0.15) is 80.1 Å². The summed E-state index contributed by atoms with van der Waals surface area (Å²) in [5, 5.41) is 0. The Hall–Kier alpha value is -2.45. The van der Waals surface area contributed by atoms with E-state index in [1.165, 1.54) is 39.0 Å². The van der Waals surface area contributed by atoms with E-state index in [-0.39, 0.29) is 0 Å². The van der Waals surface area contributed by atoms with Crippen LogP contribution in [0, 0.1) is 12.8 Å². The van der Waals surface area contributed by atoms with E-state index in [0.29, 0.717) is 18.1 Å². The van der Waals surface area contributed by atoms with Crippen molar-refractivity contribution in [2.75, 3.05) is 19.6 Å². The van der Waals surface area contributed by atoms with Gasteiger partial charge in [0.1, 0.15) is 0 Å². The smallest absolute Gasteiger partial charge is 0.163 e. The van der Waals surface area contributed by atoms with Crippen LogP contribution in [0.4, 0.5) is 0 Å². The average molecular weight is 460 g/mol. The summed E-state index contributed by atoms with van der Waals surface area (Å²) in [4.78, 5) is 15.0. The van der Waals surface area contributed by atoms with Crippen molar-refractivity contribution in [2.45, 2.75) is 73.6 Å². The van der Waals surface area contributed by atoms with Crippen molar-refractivity contribution in [3.8, 4) is 11.1 Å². The van der Waals surface area contributed by atoms with Gasteiger partial charge in [0.05, 0.1) is 0 Å². The van der Waals surface area contributed by atoms with Crippen LogP contribution in [0.5, 0.6) is 0 Å². The fourth-order valence-electron chi connectivity index (χ4n) is 5.23. The number of carbonyl (C=O) groups is 1. The molecule has 2 nitrogen and oxygen atoms in total. The Balaban J connectivity index is 0.00000199. The van der Waals surface area contributed by atoms with E-state index in [1.807, 2.05) is 0 Å². The molecular weight excluding hydrogens is 414 g/mol. The van der Waals surface area contributed by atoms with Gasteiger partial charge < -0.3 is 4.90 Å². The summed E-state index contributed by atoms with van der Waals surface area (Å²) in [6.07, 6.45) is 7.15. The van der Waals surface area contributed by atoms with E-state index in [4.69, 9.17) is 0 Å². The predicted octanol–water partition coefficient (Wildman–Crippen LogP) is 8.01. The van der Waals surface area contributed by atoms with E-state index >= 15 is 0 Å². The van der Waals surface area contributed by atoms with Crippen LogP contribution < -0.4 is 0 Å². The fraction of sp³-hybridized carbons (Fsp3) is 0.469. The Bertz CT molecular complexity index is 992. The van der Waals surface area contributed by atoms with Crippen molar-refractivity contribution in [2.24, 2.45) is 5.92 Å². The zero-order chi connectivity index (χ0) is 25.3. The molecule has 1 atom stereocenters. The number of allylic oxidation sites excluding steroid dienone is 2. The Morgan fingerprint density at radius 3 is 2.41 bits per heavy atom. The molecule has 3 rings (SSSR count). The molecule has 0 radical (unpaired) electrons. The average Bonchev–Trinajstić information content (AvgIpc) is 3.19. The maximum absolute atomic E-state index is 12.5. The second-order valence-electron chi connectivity index (χ2n) is 9.75. The van der Waals surface area contributed by atoms with Gasteiger partial charge in [0, 0.05) is 12.0 Å². The molecule has 0 aliphatic heterocycles. The van der Waals surface area contributed by atoms with Crippen molar-refractivity contribution in [1.29, 1.82) is 0 Å². The monoisotopic (exact) mass is 459 g/mol. The molecule has 0 spiro atoms. The van der Waals surface area contributed by atoms with Crippen LogP contribution in [-0.2, 0) is 19.3 Å². The van der Waals surface area contributed by atoms with Crippen LogP contribution in [-0.4, -0.2) is 30.3 Å². The summed E-state index contributed by atoms with van der Waals surface area (Å²) in [6.45, 7) is 22.7. The molecule has 1 aliphatic carbocycles. The molecule has 184 valence electrons. The van der Waals surface area contributed by atoms with Gasteiger partial charge in [0.25, 0.3) is 0 Å². The number of rotatable bonds is 10. The van der Waals surface area contributed by atoms with Crippen molar-refractivity contribution >= 4 is 5.78 Å². The molecule has 0 saturated carbocycles. The third-order valence-electron chi connectivity index (χ3n) is 6.86. The number of ketones is 1. The first-order valence-corrected chi connectivity index (χ1v) is 13.0. The topological polar surface area (TPSA) is 20.3 Å². The maximum Gasteiger partial charge on any atom is 0.163 e. The minimum atomic E-state index is 0.307. The number of benzene rings is 2. The normalized spacial score (nSPS) is 13.3. The highest BCUT2D eigenvalue weighted by atomic mass is 16.1. The molecule has 0 bridgehead atoms. The lowest BCUT2D eigenvalue weighted by molar-refractivity contribution is 0.0994. The van der Waals surface area contributed by atoms with Crippen molar-refractivity contribution < 1.29 is 4.79 Å². The predicted molar refractivity (Wildman–Crippen MR) is 149 cm³/mol. The molecule has 2 aromatic rings. The zero-order valence-corrected chi connectivity index (χ0v) is 22.5. The third-order valence-corrected chi connectivity index (χ3v) is 6.86. The highest BCUT2D eigenvalue weighted by Gasteiger charge is 2.25. The van der Waals surface area contributed by atoms with Gasteiger partial charge in [-0.1, -0.05) is 62.8 Å². The van der Waals surface area contributed by atoms with E-state index in [1.54, 1.807) is 0 Å². The Morgan fingerprint density at radius 1 is 1.06 bits per heavy atom. The Kier molecular flexibility index (Phi) is 11.0. The van der Waals surface area contributed by atoms with Crippen molar-refractivity contribution in [1.82, 2.24) is 4.90 Å².